The smallest absolute Gasteiger partial charge is 0.158 e. The minimum atomic E-state index is -0.0276. The number of rotatable bonds is 3. The molecule has 0 amide bonds. The largest absolute Gasteiger partial charge is 0.353 e. The Balaban J connectivity index is 1.84. The highest BCUT2D eigenvalue weighted by atomic mass is 16.7. The minimum Gasteiger partial charge on any atom is -0.353 e. The molecule has 0 spiro atoms. The van der Waals surface area contributed by atoms with Crippen LogP contribution in [0.1, 0.15) is 30.5 Å². The van der Waals surface area contributed by atoms with Gasteiger partial charge in [0, 0.05) is 19.9 Å². The van der Waals surface area contributed by atoms with Gasteiger partial charge in [0.1, 0.15) is 0 Å². The van der Waals surface area contributed by atoms with Crippen molar-refractivity contribution in [2.24, 2.45) is 7.05 Å². The van der Waals surface area contributed by atoms with Gasteiger partial charge in [0.25, 0.3) is 0 Å². The number of nitrogens with zero attached hydrogens (tertiary/aromatic N) is 2. The van der Waals surface area contributed by atoms with Crippen LogP contribution in [0.5, 0.6) is 0 Å². The number of aryl methyl sites for hydroxylation is 2. The highest BCUT2D eigenvalue weighted by Crippen LogP contribution is 2.16. The summed E-state index contributed by atoms with van der Waals surface area (Å²) in [5.41, 5.74) is 2.18. The molecule has 1 aliphatic heterocycles. The number of hydrogen-bond donors (Lipinski definition) is 0. The monoisotopic (exact) mass is 210 g/mol. The highest BCUT2D eigenvalue weighted by Gasteiger charge is 2.15. The molecule has 84 valence electrons. The minimum absolute atomic E-state index is 0.0276. The van der Waals surface area contributed by atoms with Crippen molar-refractivity contribution in [2.45, 2.75) is 39.1 Å². The maximum atomic E-state index is 5.67. The Morgan fingerprint density at radius 2 is 2.47 bits per heavy atom. The van der Waals surface area contributed by atoms with Gasteiger partial charge in [0.15, 0.2) is 6.29 Å². The van der Waals surface area contributed by atoms with Gasteiger partial charge < -0.3 is 9.47 Å². The van der Waals surface area contributed by atoms with E-state index in [0.29, 0.717) is 6.61 Å². The normalized spacial score (nSPS) is 21.9. The Hall–Kier alpha value is -0.870. The third-order valence-corrected chi connectivity index (χ3v) is 2.66. The fourth-order valence-corrected chi connectivity index (χ4v) is 1.81. The Morgan fingerprint density at radius 3 is 3.07 bits per heavy atom. The summed E-state index contributed by atoms with van der Waals surface area (Å²) in [5, 5.41) is 4.33. The van der Waals surface area contributed by atoms with Crippen LogP contribution in [0.4, 0.5) is 0 Å². The maximum absolute atomic E-state index is 5.67. The van der Waals surface area contributed by atoms with E-state index in [-0.39, 0.29) is 6.29 Å². The zero-order valence-electron chi connectivity index (χ0n) is 9.40. The van der Waals surface area contributed by atoms with E-state index in [9.17, 15) is 0 Å². The summed E-state index contributed by atoms with van der Waals surface area (Å²) in [4.78, 5) is 0. The van der Waals surface area contributed by atoms with Crippen molar-refractivity contribution in [3.05, 3.63) is 17.5 Å². The lowest BCUT2D eigenvalue weighted by molar-refractivity contribution is -0.169. The first kappa shape index (κ1) is 10.6. The van der Waals surface area contributed by atoms with Crippen LogP contribution in [0.2, 0.25) is 0 Å². The van der Waals surface area contributed by atoms with Gasteiger partial charge in [0.05, 0.1) is 12.3 Å². The molecule has 0 bridgehead atoms. The van der Waals surface area contributed by atoms with Gasteiger partial charge in [-0.2, -0.15) is 5.10 Å². The summed E-state index contributed by atoms with van der Waals surface area (Å²) >= 11 is 0. The summed E-state index contributed by atoms with van der Waals surface area (Å²) < 4.78 is 13.0. The summed E-state index contributed by atoms with van der Waals surface area (Å²) in [6.45, 7) is 3.43. The maximum Gasteiger partial charge on any atom is 0.158 e. The molecule has 0 radical (unpaired) electrons. The molecular formula is C11H18N2O2. The number of hydrogen-bond acceptors (Lipinski definition) is 3. The van der Waals surface area contributed by atoms with Crippen LogP contribution in [0.25, 0.3) is 0 Å². The topological polar surface area (TPSA) is 36.3 Å². The Morgan fingerprint density at radius 1 is 1.60 bits per heavy atom. The van der Waals surface area contributed by atoms with Gasteiger partial charge in [-0.05, 0) is 31.7 Å². The van der Waals surface area contributed by atoms with Crippen LogP contribution < -0.4 is 0 Å². The van der Waals surface area contributed by atoms with Crippen molar-refractivity contribution >= 4 is 0 Å². The second kappa shape index (κ2) is 4.77. The summed E-state index contributed by atoms with van der Waals surface area (Å²) in [5.74, 6) is 0. The quantitative estimate of drug-likeness (QED) is 0.763. The van der Waals surface area contributed by atoms with E-state index in [2.05, 4.69) is 5.10 Å². The van der Waals surface area contributed by atoms with Gasteiger partial charge in [-0.3, -0.25) is 4.68 Å². The molecule has 1 aromatic rings. The van der Waals surface area contributed by atoms with E-state index in [1.165, 1.54) is 12.0 Å². The first-order chi connectivity index (χ1) is 7.25. The van der Waals surface area contributed by atoms with E-state index < -0.39 is 0 Å². The molecule has 15 heavy (non-hydrogen) atoms. The Labute approximate surface area is 90.2 Å². The molecule has 0 N–H and O–H groups in total. The van der Waals surface area contributed by atoms with Crippen molar-refractivity contribution in [1.82, 2.24) is 9.78 Å². The van der Waals surface area contributed by atoms with Crippen LogP contribution >= 0.6 is 0 Å². The standard InChI is InChI=1S/C11H18N2O2/c1-9-7-13(2)12-10(9)8-15-11-5-3-4-6-14-11/h7,11H,3-6,8H2,1-2H3. The van der Waals surface area contributed by atoms with Gasteiger partial charge in [0.2, 0.25) is 0 Å². The van der Waals surface area contributed by atoms with E-state index in [4.69, 9.17) is 9.47 Å². The van der Waals surface area contributed by atoms with Crippen LogP contribution in [0, 0.1) is 6.92 Å². The molecule has 4 heteroatoms. The molecule has 1 atom stereocenters. The third-order valence-electron chi connectivity index (χ3n) is 2.66. The second-order valence-corrected chi connectivity index (χ2v) is 4.04. The Kier molecular flexibility index (Phi) is 3.38. The van der Waals surface area contributed by atoms with Crippen LogP contribution in [-0.2, 0) is 23.1 Å². The fourth-order valence-electron chi connectivity index (χ4n) is 1.81. The van der Waals surface area contributed by atoms with E-state index in [1.54, 1.807) is 0 Å². The number of ether oxygens (including phenoxy) is 2. The van der Waals surface area contributed by atoms with Crippen molar-refractivity contribution < 1.29 is 9.47 Å². The fraction of sp³-hybridized carbons (Fsp3) is 0.727. The molecule has 1 unspecified atom stereocenters. The molecule has 1 aliphatic rings. The molecule has 4 nitrogen and oxygen atoms in total. The van der Waals surface area contributed by atoms with Crippen molar-refractivity contribution in [3.63, 3.8) is 0 Å². The van der Waals surface area contributed by atoms with Gasteiger partial charge in [-0.25, -0.2) is 0 Å². The first-order valence-corrected chi connectivity index (χ1v) is 5.48. The molecule has 1 fully saturated rings. The van der Waals surface area contributed by atoms with E-state index >= 15 is 0 Å². The zero-order valence-corrected chi connectivity index (χ0v) is 9.40. The Bertz CT molecular complexity index is 316. The summed E-state index contributed by atoms with van der Waals surface area (Å²) in [6.07, 6.45) is 5.33. The SMILES string of the molecule is Cc1cn(C)nc1COC1CCCCO1. The van der Waals surface area contributed by atoms with Gasteiger partial charge in [-0.15, -0.1) is 0 Å². The molecule has 1 aromatic heterocycles. The summed E-state index contributed by atoms with van der Waals surface area (Å²) in [6, 6.07) is 0. The average Bonchev–Trinajstić information content (AvgIpc) is 2.56. The average molecular weight is 210 g/mol. The van der Waals surface area contributed by atoms with Crippen molar-refractivity contribution in [1.29, 1.82) is 0 Å². The molecule has 0 aliphatic carbocycles. The molecule has 2 heterocycles. The lowest BCUT2D eigenvalue weighted by Gasteiger charge is -2.22. The van der Waals surface area contributed by atoms with Crippen LogP contribution in [0.15, 0.2) is 6.20 Å². The predicted octanol–water partition coefficient (Wildman–Crippen LogP) is 1.77. The number of aromatic nitrogens is 2. The first-order valence-electron chi connectivity index (χ1n) is 5.48. The zero-order chi connectivity index (χ0) is 10.7. The van der Waals surface area contributed by atoms with Gasteiger partial charge in [-0.1, -0.05) is 0 Å². The molecular weight excluding hydrogens is 192 g/mol. The third kappa shape index (κ3) is 2.79. The molecule has 0 saturated carbocycles. The van der Waals surface area contributed by atoms with E-state index in [0.717, 1.165) is 25.1 Å². The predicted molar refractivity (Wildman–Crippen MR) is 56.3 cm³/mol. The molecule has 0 aromatic carbocycles. The molecule has 1 saturated heterocycles. The lowest BCUT2D eigenvalue weighted by atomic mass is 10.2. The highest BCUT2D eigenvalue weighted by molar-refractivity contribution is 5.13. The van der Waals surface area contributed by atoms with E-state index in [1.807, 2.05) is 24.9 Å². The molecule has 2 rings (SSSR count). The van der Waals surface area contributed by atoms with Gasteiger partial charge >= 0.3 is 0 Å². The lowest BCUT2D eigenvalue weighted by Crippen LogP contribution is -2.22. The van der Waals surface area contributed by atoms with Crippen LogP contribution in [-0.4, -0.2) is 22.7 Å². The van der Waals surface area contributed by atoms with Crippen molar-refractivity contribution in [3.8, 4) is 0 Å². The second-order valence-electron chi connectivity index (χ2n) is 4.04. The van der Waals surface area contributed by atoms with Crippen LogP contribution in [0.3, 0.4) is 0 Å². The summed E-state index contributed by atoms with van der Waals surface area (Å²) in [7, 11) is 1.92. The van der Waals surface area contributed by atoms with Crippen molar-refractivity contribution in [2.75, 3.05) is 6.61 Å².